The molecule has 2 heterocycles. The lowest BCUT2D eigenvalue weighted by Gasteiger charge is -2.33. The van der Waals surface area contributed by atoms with Crippen LogP contribution in [0.25, 0.3) is 0 Å². The van der Waals surface area contributed by atoms with Gasteiger partial charge in [-0.2, -0.15) is 0 Å². The molecule has 23 heavy (non-hydrogen) atoms. The molecule has 0 aromatic heterocycles. The summed E-state index contributed by atoms with van der Waals surface area (Å²) in [6.45, 7) is 7.04. The number of hydrogen-bond acceptors (Lipinski definition) is 5. The Morgan fingerprint density at radius 1 is 1.26 bits per heavy atom. The van der Waals surface area contributed by atoms with Crippen LogP contribution in [0.2, 0.25) is 0 Å². The maximum Gasteiger partial charge on any atom is 0.412 e. The quantitative estimate of drug-likeness (QED) is 0.783. The van der Waals surface area contributed by atoms with E-state index in [9.17, 15) is 9.59 Å². The second kappa shape index (κ2) is 6.45. The summed E-state index contributed by atoms with van der Waals surface area (Å²) < 4.78 is 1.64. The molecular weight excluding hydrogens is 296 g/mol. The first-order chi connectivity index (χ1) is 11.0. The van der Waals surface area contributed by atoms with Crippen LogP contribution in [0.1, 0.15) is 12.5 Å². The van der Waals surface area contributed by atoms with Crippen LogP contribution < -0.4 is 0 Å². The van der Waals surface area contributed by atoms with E-state index in [4.69, 9.17) is 4.84 Å². The van der Waals surface area contributed by atoms with E-state index >= 15 is 0 Å². The SMILES string of the molecule is CC(=O)N1CCN(CC2C(=O)ON=[N+]2c2ccc(C)cc2)CC1. The monoisotopic (exact) mass is 317 g/mol. The van der Waals surface area contributed by atoms with Gasteiger partial charge in [0.1, 0.15) is 0 Å². The molecule has 2 aliphatic rings. The Morgan fingerprint density at radius 3 is 2.52 bits per heavy atom. The molecule has 0 N–H and O–H groups in total. The summed E-state index contributed by atoms with van der Waals surface area (Å²) in [5.41, 5.74) is 1.99. The van der Waals surface area contributed by atoms with Crippen molar-refractivity contribution >= 4 is 17.6 Å². The molecule has 0 spiro atoms. The van der Waals surface area contributed by atoms with Crippen LogP contribution in [0.4, 0.5) is 5.69 Å². The highest BCUT2D eigenvalue weighted by atomic mass is 16.7. The highest BCUT2D eigenvalue weighted by Crippen LogP contribution is 2.22. The van der Waals surface area contributed by atoms with Crippen molar-refractivity contribution in [2.45, 2.75) is 19.9 Å². The average Bonchev–Trinajstić information content (AvgIpc) is 2.90. The minimum absolute atomic E-state index is 0.0983. The number of carbonyl (C=O) groups is 2. The van der Waals surface area contributed by atoms with Gasteiger partial charge in [-0.1, -0.05) is 17.7 Å². The minimum atomic E-state index is -0.443. The van der Waals surface area contributed by atoms with Crippen molar-refractivity contribution in [2.24, 2.45) is 5.28 Å². The van der Waals surface area contributed by atoms with Crippen LogP contribution in [-0.2, 0) is 14.4 Å². The first kappa shape index (κ1) is 15.6. The van der Waals surface area contributed by atoms with Crippen molar-refractivity contribution in [2.75, 3.05) is 32.7 Å². The Kier molecular flexibility index (Phi) is 4.38. The van der Waals surface area contributed by atoms with Crippen LogP contribution in [0.15, 0.2) is 29.5 Å². The topological polar surface area (TPSA) is 65.2 Å². The second-order valence-electron chi connectivity index (χ2n) is 5.99. The Labute approximate surface area is 135 Å². The predicted octanol–water partition coefficient (Wildman–Crippen LogP) is 1.10. The number of aryl methyl sites for hydroxylation is 1. The third-order valence-corrected chi connectivity index (χ3v) is 4.33. The number of hydrogen-bond donors (Lipinski definition) is 0. The van der Waals surface area contributed by atoms with Crippen LogP contribution in [-0.4, -0.2) is 65.1 Å². The fourth-order valence-electron chi connectivity index (χ4n) is 2.87. The van der Waals surface area contributed by atoms with Crippen molar-refractivity contribution < 1.29 is 19.1 Å². The van der Waals surface area contributed by atoms with Gasteiger partial charge in [0.05, 0.1) is 6.54 Å². The predicted molar refractivity (Wildman–Crippen MR) is 82.1 cm³/mol. The molecule has 2 aliphatic heterocycles. The normalized spacial score (nSPS) is 22.0. The number of rotatable bonds is 3. The van der Waals surface area contributed by atoms with E-state index in [0.717, 1.165) is 24.3 Å². The van der Waals surface area contributed by atoms with Gasteiger partial charge < -0.3 is 4.90 Å². The molecule has 7 nitrogen and oxygen atoms in total. The maximum absolute atomic E-state index is 12.0. The molecule has 3 rings (SSSR count). The van der Waals surface area contributed by atoms with Crippen LogP contribution in [0, 0.1) is 6.92 Å². The highest BCUT2D eigenvalue weighted by Gasteiger charge is 2.43. The first-order valence-electron chi connectivity index (χ1n) is 7.80. The second-order valence-corrected chi connectivity index (χ2v) is 5.99. The third-order valence-electron chi connectivity index (χ3n) is 4.33. The van der Waals surface area contributed by atoms with Crippen LogP contribution in [0.5, 0.6) is 0 Å². The van der Waals surface area contributed by atoms with E-state index in [2.05, 4.69) is 10.2 Å². The molecule has 122 valence electrons. The maximum atomic E-state index is 12.0. The lowest BCUT2D eigenvalue weighted by Crippen LogP contribution is -2.51. The number of carbonyl (C=O) groups excluding carboxylic acids is 2. The van der Waals surface area contributed by atoms with Crippen molar-refractivity contribution in [1.82, 2.24) is 9.80 Å². The molecule has 1 fully saturated rings. The average molecular weight is 317 g/mol. The molecule has 1 unspecified atom stereocenters. The lowest BCUT2D eigenvalue weighted by atomic mass is 10.2. The van der Waals surface area contributed by atoms with Crippen LogP contribution in [0.3, 0.4) is 0 Å². The molecular formula is C16H21N4O3+. The molecule has 0 radical (unpaired) electrons. The number of benzene rings is 1. The molecule has 0 aliphatic carbocycles. The summed E-state index contributed by atoms with van der Waals surface area (Å²) in [7, 11) is 0. The van der Waals surface area contributed by atoms with Crippen molar-refractivity contribution in [1.29, 1.82) is 0 Å². The summed E-state index contributed by atoms with van der Waals surface area (Å²) >= 11 is 0. The Hall–Kier alpha value is -2.28. The van der Waals surface area contributed by atoms with Gasteiger partial charge in [0, 0.05) is 45.2 Å². The smallest absolute Gasteiger partial charge is 0.340 e. The first-order valence-corrected chi connectivity index (χ1v) is 7.80. The molecule has 7 heteroatoms. The molecule has 0 bridgehead atoms. The zero-order valence-corrected chi connectivity index (χ0v) is 13.4. The van der Waals surface area contributed by atoms with Gasteiger partial charge in [-0.15, -0.1) is 0 Å². The number of nitrogens with zero attached hydrogens (tertiary/aromatic N) is 4. The molecule has 1 aromatic rings. The van der Waals surface area contributed by atoms with E-state index in [1.54, 1.807) is 11.6 Å². The Balaban J connectivity index is 1.66. The van der Waals surface area contributed by atoms with E-state index in [1.165, 1.54) is 0 Å². The summed E-state index contributed by atoms with van der Waals surface area (Å²) in [5.74, 6) is -0.235. The Morgan fingerprint density at radius 2 is 1.91 bits per heavy atom. The van der Waals surface area contributed by atoms with E-state index in [1.807, 2.05) is 36.1 Å². The van der Waals surface area contributed by atoms with Crippen LogP contribution >= 0.6 is 0 Å². The lowest BCUT2D eigenvalue weighted by molar-refractivity contribution is -0.539. The van der Waals surface area contributed by atoms with Gasteiger partial charge in [0.15, 0.2) is 0 Å². The van der Waals surface area contributed by atoms with Gasteiger partial charge in [-0.05, 0) is 11.6 Å². The fourth-order valence-corrected chi connectivity index (χ4v) is 2.87. The largest absolute Gasteiger partial charge is 0.412 e. The molecule has 1 amide bonds. The zero-order chi connectivity index (χ0) is 16.4. The van der Waals surface area contributed by atoms with E-state index in [-0.39, 0.29) is 11.9 Å². The minimum Gasteiger partial charge on any atom is -0.340 e. The van der Waals surface area contributed by atoms with Gasteiger partial charge in [-0.3, -0.25) is 14.5 Å². The molecule has 1 aromatic carbocycles. The van der Waals surface area contributed by atoms with Gasteiger partial charge >= 0.3 is 5.97 Å². The fraction of sp³-hybridized carbons (Fsp3) is 0.500. The van der Waals surface area contributed by atoms with Crippen molar-refractivity contribution in [3.05, 3.63) is 29.8 Å². The zero-order valence-electron chi connectivity index (χ0n) is 13.4. The summed E-state index contributed by atoms with van der Waals surface area (Å²) in [5, 5.41) is 3.90. The summed E-state index contributed by atoms with van der Waals surface area (Å²) in [6.07, 6.45) is 0. The van der Waals surface area contributed by atoms with Gasteiger partial charge in [-0.25, -0.2) is 4.79 Å². The van der Waals surface area contributed by atoms with E-state index < -0.39 is 6.04 Å². The van der Waals surface area contributed by atoms with Crippen molar-refractivity contribution in [3.63, 3.8) is 0 Å². The number of piperazine rings is 1. The molecule has 1 atom stereocenters. The molecule has 0 saturated carbocycles. The molecule has 1 saturated heterocycles. The summed E-state index contributed by atoms with van der Waals surface area (Å²) in [6, 6.07) is 7.39. The third kappa shape index (κ3) is 3.39. The Bertz CT molecular complexity index is 633. The summed E-state index contributed by atoms with van der Waals surface area (Å²) in [4.78, 5) is 32.3. The standard InChI is InChI=1S/C16H21N4O3/c1-12-3-5-14(6-4-12)20-15(16(22)23-17-20)11-18-7-9-19(10-8-18)13(2)21/h3-6,15H,7-11H2,1-2H3/q+1. The number of amides is 1. The highest BCUT2D eigenvalue weighted by molar-refractivity contribution is 5.75. The van der Waals surface area contributed by atoms with Crippen molar-refractivity contribution in [3.8, 4) is 0 Å². The van der Waals surface area contributed by atoms with Gasteiger partial charge in [0.2, 0.25) is 16.9 Å². The van der Waals surface area contributed by atoms with E-state index in [0.29, 0.717) is 19.6 Å². The van der Waals surface area contributed by atoms with Gasteiger partial charge in [0.25, 0.3) is 6.04 Å².